The average molecular weight is 441 g/mol. The van der Waals surface area contributed by atoms with Crippen molar-refractivity contribution in [3.05, 3.63) is 59.7 Å². The third-order valence-electron chi connectivity index (χ3n) is 5.36. The molecule has 31 heavy (non-hydrogen) atoms. The molecule has 0 aromatic heterocycles. The molecule has 1 aliphatic rings. The van der Waals surface area contributed by atoms with Gasteiger partial charge in [-0.3, -0.25) is 9.59 Å². The van der Waals surface area contributed by atoms with E-state index < -0.39 is 6.04 Å². The van der Waals surface area contributed by atoms with Crippen LogP contribution >= 0.6 is 11.8 Å². The van der Waals surface area contributed by atoms with Gasteiger partial charge < -0.3 is 15.0 Å². The molecular weight excluding hydrogens is 408 g/mol. The monoisotopic (exact) mass is 440 g/mol. The Kier molecular flexibility index (Phi) is 8.83. The highest BCUT2D eigenvalue weighted by molar-refractivity contribution is 8.00. The van der Waals surface area contributed by atoms with Gasteiger partial charge >= 0.3 is 0 Å². The molecule has 1 atom stereocenters. The first-order valence-electron chi connectivity index (χ1n) is 11.1. The molecule has 5 nitrogen and oxygen atoms in total. The number of thioether (sulfide) groups is 1. The van der Waals surface area contributed by atoms with Crippen molar-refractivity contribution < 1.29 is 14.3 Å². The Morgan fingerprint density at radius 2 is 2.00 bits per heavy atom. The summed E-state index contributed by atoms with van der Waals surface area (Å²) in [5.41, 5.74) is 2.05. The molecule has 0 aliphatic carbocycles. The molecule has 2 aromatic rings. The second kappa shape index (κ2) is 11.8. The standard InChI is InChI=1S/C25H32N2O3S/c1-3-15-30-23-13-12-20(16-19(23)2)17-27(22-11-7-8-14-26-25(22)29)24(28)18-31-21-9-5-4-6-10-21/h4-6,9-10,12-13,16,22H,3,7-8,11,14-15,17-18H2,1-2H3,(H,26,29)/t22-/m0/s1. The summed E-state index contributed by atoms with van der Waals surface area (Å²) in [5, 5.41) is 2.97. The van der Waals surface area contributed by atoms with E-state index in [1.54, 1.807) is 4.90 Å². The number of hydrogen-bond donors (Lipinski definition) is 1. The number of nitrogens with one attached hydrogen (secondary N) is 1. The van der Waals surface area contributed by atoms with Crippen molar-refractivity contribution in [2.24, 2.45) is 0 Å². The molecule has 0 unspecified atom stereocenters. The van der Waals surface area contributed by atoms with Gasteiger partial charge in [0.1, 0.15) is 11.8 Å². The van der Waals surface area contributed by atoms with Crippen LogP contribution in [0, 0.1) is 6.92 Å². The first-order valence-corrected chi connectivity index (χ1v) is 12.0. The molecule has 1 saturated heterocycles. The molecule has 6 heteroatoms. The number of aryl methyl sites for hydroxylation is 1. The first-order chi connectivity index (χ1) is 15.1. The number of carbonyl (C=O) groups is 2. The minimum atomic E-state index is -0.428. The van der Waals surface area contributed by atoms with Gasteiger partial charge in [-0.2, -0.15) is 0 Å². The lowest BCUT2D eigenvalue weighted by molar-refractivity contribution is -0.139. The summed E-state index contributed by atoms with van der Waals surface area (Å²) in [6, 6.07) is 15.5. The van der Waals surface area contributed by atoms with Crippen LogP contribution in [0.25, 0.3) is 0 Å². The normalized spacial score (nSPS) is 16.3. The molecule has 0 spiro atoms. The zero-order chi connectivity index (χ0) is 22.1. The Morgan fingerprint density at radius 3 is 2.74 bits per heavy atom. The van der Waals surface area contributed by atoms with Crippen molar-refractivity contribution in [1.82, 2.24) is 10.2 Å². The average Bonchev–Trinajstić information content (AvgIpc) is 3.00. The van der Waals surface area contributed by atoms with Crippen molar-refractivity contribution in [1.29, 1.82) is 0 Å². The molecule has 2 amide bonds. The minimum absolute atomic E-state index is 0.0140. The topological polar surface area (TPSA) is 58.6 Å². The van der Waals surface area contributed by atoms with Crippen LogP contribution in [0.1, 0.15) is 43.7 Å². The SMILES string of the molecule is CCCOc1ccc(CN(C(=O)CSc2ccccc2)[C@H]2CCCCNC2=O)cc1C. The summed E-state index contributed by atoms with van der Waals surface area (Å²) in [7, 11) is 0. The van der Waals surface area contributed by atoms with E-state index in [9.17, 15) is 9.59 Å². The highest BCUT2D eigenvalue weighted by Crippen LogP contribution is 2.24. The van der Waals surface area contributed by atoms with E-state index in [0.717, 1.165) is 41.0 Å². The summed E-state index contributed by atoms with van der Waals surface area (Å²) in [4.78, 5) is 28.8. The van der Waals surface area contributed by atoms with Gasteiger partial charge in [-0.25, -0.2) is 0 Å². The minimum Gasteiger partial charge on any atom is -0.493 e. The molecule has 166 valence electrons. The van der Waals surface area contributed by atoms with Crippen LogP contribution in [0.3, 0.4) is 0 Å². The molecular formula is C25H32N2O3S. The van der Waals surface area contributed by atoms with Crippen molar-refractivity contribution in [3.63, 3.8) is 0 Å². The van der Waals surface area contributed by atoms with Crippen molar-refractivity contribution >= 4 is 23.6 Å². The lowest BCUT2D eigenvalue weighted by Crippen LogP contribution is -2.48. The van der Waals surface area contributed by atoms with Crippen LogP contribution in [0.2, 0.25) is 0 Å². The molecule has 0 bridgehead atoms. The number of benzene rings is 2. The van der Waals surface area contributed by atoms with Crippen LogP contribution in [-0.2, 0) is 16.1 Å². The number of rotatable bonds is 9. The molecule has 0 saturated carbocycles. The first kappa shape index (κ1) is 23.2. The molecule has 2 aromatic carbocycles. The second-order valence-corrected chi connectivity index (χ2v) is 8.92. The van der Waals surface area contributed by atoms with Gasteiger partial charge in [0, 0.05) is 18.0 Å². The highest BCUT2D eigenvalue weighted by Gasteiger charge is 2.30. The van der Waals surface area contributed by atoms with Crippen molar-refractivity contribution in [2.75, 3.05) is 18.9 Å². The Bertz CT molecular complexity index is 872. The number of amides is 2. The molecule has 1 heterocycles. The van der Waals surface area contributed by atoms with Crippen LogP contribution in [-0.4, -0.2) is 41.7 Å². The van der Waals surface area contributed by atoms with Gasteiger partial charge in [-0.05, 0) is 61.9 Å². The van der Waals surface area contributed by atoms with Gasteiger partial charge in [0.2, 0.25) is 11.8 Å². The summed E-state index contributed by atoms with van der Waals surface area (Å²) in [6.07, 6.45) is 3.54. The predicted molar refractivity (Wildman–Crippen MR) is 125 cm³/mol. The molecule has 3 rings (SSSR count). The van der Waals surface area contributed by atoms with Gasteiger partial charge in [0.05, 0.1) is 12.4 Å². The van der Waals surface area contributed by atoms with Gasteiger partial charge in [-0.15, -0.1) is 11.8 Å². The van der Waals surface area contributed by atoms with E-state index >= 15 is 0 Å². The lowest BCUT2D eigenvalue weighted by Gasteiger charge is -2.30. The van der Waals surface area contributed by atoms with Gasteiger partial charge in [0.15, 0.2) is 0 Å². The van der Waals surface area contributed by atoms with Crippen molar-refractivity contribution in [2.45, 2.75) is 57.0 Å². The van der Waals surface area contributed by atoms with Gasteiger partial charge in [0.25, 0.3) is 0 Å². The van der Waals surface area contributed by atoms with Gasteiger partial charge in [-0.1, -0.05) is 37.3 Å². The van der Waals surface area contributed by atoms with Crippen molar-refractivity contribution in [3.8, 4) is 5.75 Å². The zero-order valence-electron chi connectivity index (χ0n) is 18.4. The Morgan fingerprint density at radius 1 is 1.19 bits per heavy atom. The quantitative estimate of drug-likeness (QED) is 0.580. The van der Waals surface area contributed by atoms with Crippen LogP contribution in [0.4, 0.5) is 0 Å². The van der Waals surface area contributed by atoms with Crippen LogP contribution in [0.15, 0.2) is 53.4 Å². The second-order valence-electron chi connectivity index (χ2n) is 7.87. The van der Waals surface area contributed by atoms with Crippen LogP contribution < -0.4 is 10.1 Å². The Balaban J connectivity index is 1.77. The zero-order valence-corrected chi connectivity index (χ0v) is 19.2. The fraction of sp³-hybridized carbons (Fsp3) is 0.440. The molecule has 0 radical (unpaired) electrons. The third-order valence-corrected chi connectivity index (χ3v) is 6.36. The van der Waals surface area contributed by atoms with E-state index in [4.69, 9.17) is 4.74 Å². The molecule has 1 N–H and O–H groups in total. The van der Waals surface area contributed by atoms with Crippen LogP contribution in [0.5, 0.6) is 5.75 Å². The number of hydrogen-bond acceptors (Lipinski definition) is 4. The fourth-order valence-electron chi connectivity index (χ4n) is 3.72. The summed E-state index contributed by atoms with van der Waals surface area (Å²) in [5.74, 6) is 1.12. The predicted octanol–water partition coefficient (Wildman–Crippen LogP) is 4.57. The number of ether oxygens (including phenoxy) is 1. The maximum Gasteiger partial charge on any atom is 0.242 e. The largest absolute Gasteiger partial charge is 0.493 e. The maximum atomic E-state index is 13.3. The lowest BCUT2D eigenvalue weighted by atomic mass is 10.1. The fourth-order valence-corrected chi connectivity index (χ4v) is 4.52. The summed E-state index contributed by atoms with van der Waals surface area (Å²) < 4.78 is 5.78. The van der Waals surface area contributed by atoms with E-state index in [0.29, 0.717) is 31.9 Å². The number of nitrogens with zero attached hydrogens (tertiary/aromatic N) is 1. The smallest absolute Gasteiger partial charge is 0.242 e. The highest BCUT2D eigenvalue weighted by atomic mass is 32.2. The number of carbonyl (C=O) groups excluding carboxylic acids is 2. The summed E-state index contributed by atoms with van der Waals surface area (Å²) >= 11 is 1.51. The Hall–Kier alpha value is -2.47. The summed E-state index contributed by atoms with van der Waals surface area (Å²) in [6.45, 7) is 5.88. The van der Waals surface area contributed by atoms with E-state index in [1.807, 2.05) is 49.4 Å². The Labute approximate surface area is 189 Å². The van der Waals surface area contributed by atoms with E-state index in [-0.39, 0.29) is 11.8 Å². The molecule has 1 aliphatic heterocycles. The van der Waals surface area contributed by atoms with E-state index in [1.165, 1.54) is 11.8 Å². The maximum absolute atomic E-state index is 13.3. The third kappa shape index (κ3) is 6.76. The van der Waals surface area contributed by atoms with E-state index in [2.05, 4.69) is 18.3 Å². The molecule has 1 fully saturated rings.